The molecule has 1 unspecified atom stereocenters. The van der Waals surface area contributed by atoms with Crippen molar-refractivity contribution in [2.45, 2.75) is 32.0 Å². The Bertz CT molecular complexity index is 789. The molecule has 2 aromatic rings. The van der Waals surface area contributed by atoms with Crippen LogP contribution in [0.3, 0.4) is 0 Å². The summed E-state index contributed by atoms with van der Waals surface area (Å²) < 4.78 is 50.1. The van der Waals surface area contributed by atoms with Crippen molar-refractivity contribution < 1.29 is 22.6 Å². The predicted octanol–water partition coefficient (Wildman–Crippen LogP) is 4.60. The minimum atomic E-state index is -4.58. The summed E-state index contributed by atoms with van der Waals surface area (Å²) in [4.78, 5) is 9.46. The lowest BCUT2D eigenvalue weighted by molar-refractivity contribution is -0.137. The molecule has 0 amide bonds. The molecule has 27 heavy (non-hydrogen) atoms. The zero-order chi connectivity index (χ0) is 19.4. The zero-order valence-electron chi connectivity index (χ0n) is 14.7. The summed E-state index contributed by atoms with van der Waals surface area (Å²) in [6.07, 6.45) is -2.41. The third-order valence-corrected chi connectivity index (χ3v) is 4.43. The highest BCUT2D eigenvalue weighted by Crippen LogP contribution is 2.34. The van der Waals surface area contributed by atoms with E-state index in [1.54, 1.807) is 4.90 Å². The van der Waals surface area contributed by atoms with E-state index >= 15 is 0 Å². The molecule has 3 rings (SSSR count). The maximum Gasteiger partial charge on any atom is 0.420 e. The van der Waals surface area contributed by atoms with Gasteiger partial charge in [-0.3, -0.25) is 0 Å². The SMILES string of the molecule is CCOc1ccccc1OC1CCCN(c2ncc(C(F)(F)F)c(Cl)n2)C1. The molecule has 9 heteroatoms. The van der Waals surface area contributed by atoms with Crippen LogP contribution in [-0.4, -0.2) is 35.8 Å². The number of hydrogen-bond donors (Lipinski definition) is 0. The number of piperidine rings is 1. The molecule has 5 nitrogen and oxygen atoms in total. The summed E-state index contributed by atoms with van der Waals surface area (Å²) in [6, 6.07) is 7.38. The number of benzene rings is 1. The summed E-state index contributed by atoms with van der Waals surface area (Å²) >= 11 is 5.71. The lowest BCUT2D eigenvalue weighted by Crippen LogP contribution is -2.42. The second kappa shape index (κ2) is 8.21. The van der Waals surface area contributed by atoms with Crippen molar-refractivity contribution in [2.75, 3.05) is 24.6 Å². The maximum absolute atomic E-state index is 12.8. The quantitative estimate of drug-likeness (QED) is 0.685. The van der Waals surface area contributed by atoms with Gasteiger partial charge in [0.2, 0.25) is 5.95 Å². The van der Waals surface area contributed by atoms with Gasteiger partial charge >= 0.3 is 6.18 Å². The summed E-state index contributed by atoms with van der Waals surface area (Å²) in [5.74, 6) is 1.46. The van der Waals surface area contributed by atoms with E-state index in [-0.39, 0.29) is 12.1 Å². The molecule has 1 fully saturated rings. The van der Waals surface area contributed by atoms with Gasteiger partial charge in [0.05, 0.1) is 13.2 Å². The van der Waals surface area contributed by atoms with Gasteiger partial charge < -0.3 is 14.4 Å². The highest BCUT2D eigenvalue weighted by molar-refractivity contribution is 6.30. The van der Waals surface area contributed by atoms with E-state index in [4.69, 9.17) is 21.1 Å². The third-order valence-electron chi connectivity index (χ3n) is 4.14. The molecule has 1 saturated heterocycles. The van der Waals surface area contributed by atoms with E-state index < -0.39 is 16.9 Å². The minimum Gasteiger partial charge on any atom is -0.490 e. The smallest absolute Gasteiger partial charge is 0.420 e. The Labute approximate surface area is 160 Å². The van der Waals surface area contributed by atoms with Crippen LogP contribution in [0.15, 0.2) is 30.5 Å². The monoisotopic (exact) mass is 401 g/mol. The number of hydrogen-bond acceptors (Lipinski definition) is 5. The van der Waals surface area contributed by atoms with Crippen LogP contribution < -0.4 is 14.4 Å². The second-order valence-electron chi connectivity index (χ2n) is 6.08. The van der Waals surface area contributed by atoms with E-state index in [2.05, 4.69) is 9.97 Å². The average Bonchev–Trinajstić information content (AvgIpc) is 2.63. The number of aromatic nitrogens is 2. The largest absolute Gasteiger partial charge is 0.490 e. The van der Waals surface area contributed by atoms with Crippen molar-refractivity contribution in [1.29, 1.82) is 0 Å². The molecule has 1 aromatic heterocycles. The molecule has 1 aliphatic heterocycles. The molecular weight excluding hydrogens is 383 g/mol. The standard InChI is InChI=1S/C18H19ClF3N3O2/c1-2-26-14-7-3-4-8-15(14)27-12-6-5-9-25(11-12)17-23-10-13(16(19)24-17)18(20,21)22/h3-4,7-8,10,12H,2,5-6,9,11H2,1H3. The van der Waals surface area contributed by atoms with Gasteiger partial charge in [-0.25, -0.2) is 9.97 Å². The fourth-order valence-electron chi connectivity index (χ4n) is 2.91. The van der Waals surface area contributed by atoms with E-state index in [0.717, 1.165) is 19.0 Å². The van der Waals surface area contributed by atoms with Crippen molar-refractivity contribution >= 4 is 17.5 Å². The van der Waals surface area contributed by atoms with E-state index in [9.17, 15) is 13.2 Å². The first-order valence-corrected chi connectivity index (χ1v) is 8.99. The van der Waals surface area contributed by atoms with Crippen molar-refractivity contribution in [3.63, 3.8) is 0 Å². The van der Waals surface area contributed by atoms with Gasteiger partial charge in [-0.2, -0.15) is 13.2 Å². The van der Waals surface area contributed by atoms with Crippen LogP contribution in [0.25, 0.3) is 0 Å². The molecule has 146 valence electrons. The van der Waals surface area contributed by atoms with Crippen LogP contribution in [0.4, 0.5) is 19.1 Å². The fraction of sp³-hybridized carbons (Fsp3) is 0.444. The first-order valence-electron chi connectivity index (χ1n) is 8.61. The van der Waals surface area contributed by atoms with Crippen LogP contribution in [-0.2, 0) is 6.18 Å². The van der Waals surface area contributed by atoms with Crippen molar-refractivity contribution in [1.82, 2.24) is 9.97 Å². The van der Waals surface area contributed by atoms with Gasteiger partial charge in [0.15, 0.2) is 11.5 Å². The van der Waals surface area contributed by atoms with Gasteiger partial charge in [-0.05, 0) is 31.9 Å². The Morgan fingerprint density at radius 1 is 1.26 bits per heavy atom. The Balaban J connectivity index is 1.72. The fourth-order valence-corrected chi connectivity index (χ4v) is 3.14. The van der Waals surface area contributed by atoms with Crippen molar-refractivity contribution in [3.8, 4) is 11.5 Å². The lowest BCUT2D eigenvalue weighted by atomic mass is 10.1. The Morgan fingerprint density at radius 2 is 2.00 bits per heavy atom. The molecule has 0 spiro atoms. The minimum absolute atomic E-state index is 0.162. The number of halogens is 4. The number of rotatable bonds is 5. The number of alkyl halides is 3. The van der Waals surface area contributed by atoms with E-state index in [0.29, 0.717) is 31.2 Å². The summed E-state index contributed by atoms with van der Waals surface area (Å²) in [7, 11) is 0. The first-order chi connectivity index (χ1) is 12.9. The van der Waals surface area contributed by atoms with E-state index in [1.165, 1.54) is 0 Å². The lowest BCUT2D eigenvalue weighted by Gasteiger charge is -2.33. The molecule has 0 radical (unpaired) electrons. The highest BCUT2D eigenvalue weighted by atomic mass is 35.5. The maximum atomic E-state index is 12.8. The molecule has 0 N–H and O–H groups in total. The molecular formula is C18H19ClF3N3O2. The number of para-hydroxylation sites is 2. The average molecular weight is 402 g/mol. The van der Waals surface area contributed by atoms with Gasteiger partial charge in [-0.15, -0.1) is 0 Å². The Kier molecular flexibility index (Phi) is 5.94. The van der Waals surface area contributed by atoms with Crippen LogP contribution in [0.1, 0.15) is 25.3 Å². The van der Waals surface area contributed by atoms with Crippen LogP contribution in [0.5, 0.6) is 11.5 Å². The molecule has 0 aliphatic carbocycles. The van der Waals surface area contributed by atoms with Crippen molar-refractivity contribution in [3.05, 3.63) is 41.2 Å². The topological polar surface area (TPSA) is 47.5 Å². The van der Waals surface area contributed by atoms with Crippen LogP contribution in [0.2, 0.25) is 5.15 Å². The Morgan fingerprint density at radius 3 is 2.67 bits per heavy atom. The summed E-state index contributed by atoms with van der Waals surface area (Å²) in [6.45, 7) is 3.48. The molecule has 1 atom stereocenters. The van der Waals surface area contributed by atoms with Crippen LogP contribution >= 0.6 is 11.6 Å². The van der Waals surface area contributed by atoms with Gasteiger partial charge in [-0.1, -0.05) is 23.7 Å². The van der Waals surface area contributed by atoms with Gasteiger partial charge in [0, 0.05) is 12.7 Å². The summed E-state index contributed by atoms with van der Waals surface area (Å²) in [5, 5.41) is -0.600. The summed E-state index contributed by atoms with van der Waals surface area (Å²) in [5.41, 5.74) is -1.04. The Hall–Kier alpha value is -2.22. The molecule has 1 aliphatic rings. The van der Waals surface area contributed by atoms with E-state index in [1.807, 2.05) is 31.2 Å². The molecule has 2 heterocycles. The third kappa shape index (κ3) is 4.74. The number of ether oxygens (including phenoxy) is 2. The van der Waals surface area contributed by atoms with Gasteiger partial charge in [0.25, 0.3) is 0 Å². The number of nitrogens with zero attached hydrogens (tertiary/aromatic N) is 3. The van der Waals surface area contributed by atoms with Crippen molar-refractivity contribution in [2.24, 2.45) is 0 Å². The molecule has 1 aromatic carbocycles. The second-order valence-corrected chi connectivity index (χ2v) is 6.44. The van der Waals surface area contributed by atoms with Gasteiger partial charge in [0.1, 0.15) is 16.8 Å². The number of anilines is 1. The molecule has 0 saturated carbocycles. The normalized spacial score (nSPS) is 17.7. The predicted molar refractivity (Wildman–Crippen MR) is 95.5 cm³/mol. The zero-order valence-corrected chi connectivity index (χ0v) is 15.4. The first kappa shape index (κ1) is 19.5. The highest BCUT2D eigenvalue weighted by Gasteiger charge is 2.35. The van der Waals surface area contributed by atoms with Crippen LogP contribution in [0, 0.1) is 0 Å². The molecule has 0 bridgehead atoms.